The van der Waals surface area contributed by atoms with Crippen LogP contribution in [0.2, 0.25) is 0 Å². The van der Waals surface area contributed by atoms with Gasteiger partial charge in [0, 0.05) is 0 Å². The van der Waals surface area contributed by atoms with Gasteiger partial charge in [-0.2, -0.15) is 0 Å². The number of carbonyl (C=O) groups excluding carboxylic acids is 3. The van der Waals surface area contributed by atoms with E-state index in [1.54, 1.807) is 0 Å². The number of hydrogen-bond donors (Lipinski definition) is 7. The van der Waals surface area contributed by atoms with E-state index < -0.39 is 60.8 Å². The highest BCUT2D eigenvalue weighted by Gasteiger charge is 2.26. The summed E-state index contributed by atoms with van der Waals surface area (Å²) in [5.41, 5.74) is 10.9. The predicted molar refractivity (Wildman–Crippen MR) is 93.3 cm³/mol. The molecule has 0 saturated carbocycles. The van der Waals surface area contributed by atoms with Crippen LogP contribution in [0, 0.1) is 0 Å². The van der Waals surface area contributed by atoms with Crippen molar-refractivity contribution in [2.75, 3.05) is 13.1 Å². The Hall–Kier alpha value is -2.73. The summed E-state index contributed by atoms with van der Waals surface area (Å²) in [4.78, 5) is 57.2. The van der Waals surface area contributed by atoms with Crippen molar-refractivity contribution in [3.63, 3.8) is 0 Å². The summed E-state index contributed by atoms with van der Waals surface area (Å²) in [6.45, 7) is 1.14. The maximum atomic E-state index is 12.4. The molecular weight excluding hydrogens is 362 g/mol. The van der Waals surface area contributed by atoms with E-state index >= 15 is 0 Å². The van der Waals surface area contributed by atoms with E-state index in [0.717, 1.165) is 0 Å². The van der Waals surface area contributed by atoms with Gasteiger partial charge >= 0.3 is 11.9 Å². The Bertz CT molecular complexity index is 555. The van der Waals surface area contributed by atoms with Crippen LogP contribution in [0.3, 0.4) is 0 Å². The van der Waals surface area contributed by atoms with Gasteiger partial charge in [-0.3, -0.25) is 24.0 Å². The number of unbranched alkanes of at least 4 members (excludes halogenated alkanes) is 1. The molecule has 27 heavy (non-hydrogen) atoms. The number of carboxylic acids is 2. The maximum absolute atomic E-state index is 12.4. The zero-order valence-corrected chi connectivity index (χ0v) is 15.1. The molecule has 0 aromatic carbocycles. The van der Waals surface area contributed by atoms with Crippen LogP contribution in [0.15, 0.2) is 0 Å². The zero-order chi connectivity index (χ0) is 21.0. The molecule has 0 aliphatic rings. The van der Waals surface area contributed by atoms with Gasteiger partial charge in [-0.05, 0) is 32.7 Å². The first kappa shape index (κ1) is 24.3. The maximum Gasteiger partial charge on any atom is 0.322 e. The topological polar surface area (TPSA) is 214 Å². The van der Waals surface area contributed by atoms with E-state index in [1.165, 1.54) is 6.92 Å². The van der Waals surface area contributed by atoms with Crippen LogP contribution < -0.4 is 27.4 Å². The Balaban J connectivity index is 4.86. The Kier molecular flexibility index (Phi) is 11.3. The fourth-order valence-electron chi connectivity index (χ4n) is 2.02. The molecule has 3 amide bonds. The third-order valence-electron chi connectivity index (χ3n) is 3.48. The number of hydrogen-bond acceptors (Lipinski definition) is 7. The van der Waals surface area contributed by atoms with Crippen molar-refractivity contribution >= 4 is 29.7 Å². The van der Waals surface area contributed by atoms with Crippen molar-refractivity contribution in [3.05, 3.63) is 0 Å². The summed E-state index contributed by atoms with van der Waals surface area (Å²) in [6, 6.07) is -3.42. The third kappa shape index (κ3) is 10.8. The minimum Gasteiger partial charge on any atom is -0.481 e. The SMILES string of the molecule is CC(NC(=O)C(CCCCN)NC(=O)C(N)CC(=O)O)C(=O)NCC(=O)O. The molecule has 0 bridgehead atoms. The normalized spacial score (nSPS) is 13.7. The number of nitrogens with one attached hydrogen (secondary N) is 3. The quantitative estimate of drug-likeness (QED) is 0.161. The first-order valence-electron chi connectivity index (χ1n) is 8.36. The Morgan fingerprint density at radius 1 is 0.926 bits per heavy atom. The van der Waals surface area contributed by atoms with E-state index in [9.17, 15) is 24.0 Å². The van der Waals surface area contributed by atoms with E-state index in [4.69, 9.17) is 21.7 Å². The van der Waals surface area contributed by atoms with Crippen LogP contribution in [0.25, 0.3) is 0 Å². The molecule has 0 aromatic rings. The summed E-state index contributed by atoms with van der Waals surface area (Å²) in [7, 11) is 0. The first-order valence-corrected chi connectivity index (χ1v) is 8.36. The molecule has 154 valence electrons. The molecule has 12 heteroatoms. The van der Waals surface area contributed by atoms with Crippen LogP contribution in [0.5, 0.6) is 0 Å². The molecule has 3 atom stereocenters. The molecule has 0 fully saturated rings. The molecule has 0 radical (unpaired) electrons. The van der Waals surface area contributed by atoms with Gasteiger partial charge in [0.1, 0.15) is 18.6 Å². The molecule has 0 heterocycles. The van der Waals surface area contributed by atoms with E-state index in [2.05, 4.69) is 16.0 Å². The fraction of sp³-hybridized carbons (Fsp3) is 0.667. The lowest BCUT2D eigenvalue weighted by Gasteiger charge is -2.22. The highest BCUT2D eigenvalue weighted by Crippen LogP contribution is 2.03. The molecule has 0 aliphatic heterocycles. The summed E-state index contributed by atoms with van der Waals surface area (Å²) < 4.78 is 0. The van der Waals surface area contributed by atoms with Gasteiger partial charge in [0.25, 0.3) is 0 Å². The lowest BCUT2D eigenvalue weighted by Crippen LogP contribution is -2.55. The zero-order valence-electron chi connectivity index (χ0n) is 15.1. The second-order valence-corrected chi connectivity index (χ2v) is 5.89. The van der Waals surface area contributed by atoms with Crippen molar-refractivity contribution < 1.29 is 34.2 Å². The number of rotatable bonds is 13. The van der Waals surface area contributed by atoms with Crippen molar-refractivity contribution in [2.24, 2.45) is 11.5 Å². The van der Waals surface area contributed by atoms with Gasteiger partial charge in [0.2, 0.25) is 17.7 Å². The summed E-state index contributed by atoms with van der Waals surface area (Å²) in [6.07, 6.45) is 0.701. The van der Waals surface area contributed by atoms with E-state index in [0.29, 0.717) is 19.4 Å². The highest BCUT2D eigenvalue weighted by atomic mass is 16.4. The molecule has 0 spiro atoms. The van der Waals surface area contributed by atoms with Crippen molar-refractivity contribution in [1.29, 1.82) is 0 Å². The van der Waals surface area contributed by atoms with E-state index in [1.807, 2.05) is 0 Å². The molecule has 12 nitrogen and oxygen atoms in total. The standard InChI is InChI=1S/C15H27N5O7/c1-8(13(25)18-7-12(23)24)19-15(27)10(4-2-3-5-16)20-14(26)9(17)6-11(21)22/h8-10H,2-7,16-17H2,1H3,(H,18,25)(H,19,27)(H,20,26)(H,21,22)(H,23,24). The molecule has 9 N–H and O–H groups in total. The number of carboxylic acid groups (broad SMARTS) is 2. The van der Waals surface area contributed by atoms with Gasteiger partial charge in [0.05, 0.1) is 12.5 Å². The van der Waals surface area contributed by atoms with Crippen molar-refractivity contribution in [2.45, 2.75) is 50.7 Å². The average Bonchev–Trinajstić information content (AvgIpc) is 2.57. The third-order valence-corrected chi connectivity index (χ3v) is 3.48. The van der Waals surface area contributed by atoms with Gasteiger partial charge in [-0.15, -0.1) is 0 Å². The predicted octanol–water partition coefficient (Wildman–Crippen LogP) is -2.89. The molecular formula is C15H27N5O7. The van der Waals surface area contributed by atoms with Gasteiger partial charge in [-0.25, -0.2) is 0 Å². The smallest absolute Gasteiger partial charge is 0.322 e. The van der Waals surface area contributed by atoms with Gasteiger partial charge < -0.3 is 37.6 Å². The largest absolute Gasteiger partial charge is 0.481 e. The van der Waals surface area contributed by atoms with Crippen molar-refractivity contribution in [3.8, 4) is 0 Å². The lowest BCUT2D eigenvalue weighted by atomic mass is 10.1. The monoisotopic (exact) mass is 389 g/mol. The van der Waals surface area contributed by atoms with Crippen molar-refractivity contribution in [1.82, 2.24) is 16.0 Å². The fourth-order valence-corrected chi connectivity index (χ4v) is 2.02. The first-order chi connectivity index (χ1) is 12.6. The molecule has 3 unspecified atom stereocenters. The highest BCUT2D eigenvalue weighted by molar-refractivity contribution is 5.94. The van der Waals surface area contributed by atoms with Crippen LogP contribution in [0.1, 0.15) is 32.6 Å². The minimum absolute atomic E-state index is 0.206. The van der Waals surface area contributed by atoms with E-state index in [-0.39, 0.29) is 6.42 Å². The molecule has 0 saturated heterocycles. The summed E-state index contributed by atoms with van der Waals surface area (Å²) >= 11 is 0. The number of amides is 3. The van der Waals surface area contributed by atoms with Crippen LogP contribution in [0.4, 0.5) is 0 Å². The molecule has 0 aromatic heterocycles. The van der Waals surface area contributed by atoms with Crippen LogP contribution in [-0.2, 0) is 24.0 Å². The Morgan fingerprint density at radius 3 is 2.07 bits per heavy atom. The van der Waals surface area contributed by atoms with Gasteiger partial charge in [-0.1, -0.05) is 0 Å². The summed E-state index contributed by atoms with van der Waals surface area (Å²) in [5.74, 6) is -4.69. The molecule has 0 aliphatic carbocycles. The number of nitrogens with two attached hydrogens (primary N) is 2. The molecule has 0 rings (SSSR count). The lowest BCUT2D eigenvalue weighted by molar-refractivity contribution is -0.139. The second-order valence-electron chi connectivity index (χ2n) is 5.89. The Labute approximate surface area is 156 Å². The Morgan fingerprint density at radius 2 is 1.56 bits per heavy atom. The summed E-state index contributed by atoms with van der Waals surface area (Å²) in [5, 5.41) is 24.1. The van der Waals surface area contributed by atoms with Gasteiger partial charge in [0.15, 0.2) is 0 Å². The number of carbonyl (C=O) groups is 5. The minimum atomic E-state index is -1.33. The van der Waals surface area contributed by atoms with Crippen LogP contribution >= 0.6 is 0 Å². The second kappa shape index (κ2) is 12.6. The number of aliphatic carboxylic acids is 2. The van der Waals surface area contributed by atoms with Crippen LogP contribution in [-0.4, -0.2) is 71.1 Å². The average molecular weight is 389 g/mol.